The second-order valence-corrected chi connectivity index (χ2v) is 19.7. The van der Waals surface area contributed by atoms with Gasteiger partial charge in [0.15, 0.2) is 16.6 Å². The molecule has 3 nitrogen and oxygen atoms in total. The zero-order chi connectivity index (χ0) is 18.7. The molecule has 0 radical (unpaired) electrons. The van der Waals surface area contributed by atoms with E-state index >= 15 is 0 Å². The van der Waals surface area contributed by atoms with E-state index in [9.17, 15) is 5.11 Å². The van der Waals surface area contributed by atoms with Gasteiger partial charge in [-0.1, -0.05) is 48.5 Å². The SMILES string of the molecule is CCC(CO)(CO[Si](C)(C)C(C)(C)C)CO[Si](C)(C)C(C)(C)C. The van der Waals surface area contributed by atoms with Crippen molar-refractivity contribution in [2.45, 2.75) is 91.2 Å². The molecule has 140 valence electrons. The minimum atomic E-state index is -1.81. The average molecular weight is 363 g/mol. The molecule has 0 heterocycles. The van der Waals surface area contributed by atoms with Gasteiger partial charge in [-0.25, -0.2) is 0 Å². The number of rotatable bonds is 8. The van der Waals surface area contributed by atoms with Crippen LogP contribution in [0.25, 0.3) is 0 Å². The van der Waals surface area contributed by atoms with Crippen LogP contribution in [0.3, 0.4) is 0 Å². The van der Waals surface area contributed by atoms with Gasteiger partial charge in [0.1, 0.15) is 0 Å². The van der Waals surface area contributed by atoms with Gasteiger partial charge in [0.25, 0.3) is 0 Å². The van der Waals surface area contributed by atoms with Gasteiger partial charge >= 0.3 is 0 Å². The average Bonchev–Trinajstić information content (AvgIpc) is 2.37. The summed E-state index contributed by atoms with van der Waals surface area (Å²) in [6.45, 7) is 26.0. The Morgan fingerprint density at radius 2 is 1.04 bits per heavy atom. The number of aliphatic hydroxyl groups is 1. The molecule has 0 rings (SSSR count). The van der Waals surface area contributed by atoms with Gasteiger partial charge < -0.3 is 14.0 Å². The van der Waals surface area contributed by atoms with Crippen LogP contribution in [0.1, 0.15) is 54.9 Å². The minimum absolute atomic E-state index is 0.118. The zero-order valence-electron chi connectivity index (χ0n) is 17.6. The summed E-state index contributed by atoms with van der Waals surface area (Å²) < 4.78 is 12.8. The molecule has 0 aromatic carbocycles. The predicted molar refractivity (Wildman–Crippen MR) is 106 cm³/mol. The summed E-state index contributed by atoms with van der Waals surface area (Å²) >= 11 is 0. The van der Waals surface area contributed by atoms with Crippen LogP contribution in [0.15, 0.2) is 0 Å². The third-order valence-electron chi connectivity index (χ3n) is 6.18. The van der Waals surface area contributed by atoms with E-state index in [4.69, 9.17) is 8.85 Å². The quantitative estimate of drug-likeness (QED) is 0.586. The van der Waals surface area contributed by atoms with Gasteiger partial charge in [0, 0.05) is 18.6 Å². The summed E-state index contributed by atoms with van der Waals surface area (Å²) in [5.74, 6) is 0. The molecule has 0 saturated carbocycles. The normalized spacial score (nSPS) is 15.1. The number of hydrogen-bond donors (Lipinski definition) is 1. The zero-order valence-corrected chi connectivity index (χ0v) is 19.6. The van der Waals surface area contributed by atoms with Crippen LogP contribution in [-0.2, 0) is 8.85 Å². The van der Waals surface area contributed by atoms with Crippen molar-refractivity contribution in [2.75, 3.05) is 19.8 Å². The second kappa shape index (κ2) is 7.69. The van der Waals surface area contributed by atoms with Crippen molar-refractivity contribution in [1.82, 2.24) is 0 Å². The lowest BCUT2D eigenvalue weighted by atomic mass is 9.88. The predicted octanol–water partition coefficient (Wildman–Crippen LogP) is 5.42. The fourth-order valence-corrected chi connectivity index (χ4v) is 3.75. The van der Waals surface area contributed by atoms with Crippen LogP contribution in [0.4, 0.5) is 0 Å². The molecule has 0 aliphatic heterocycles. The molecule has 5 heteroatoms. The van der Waals surface area contributed by atoms with E-state index in [0.29, 0.717) is 13.2 Å². The Bertz CT molecular complexity index is 329. The maximum atomic E-state index is 10.0. The summed E-state index contributed by atoms with van der Waals surface area (Å²) in [6, 6.07) is 0. The molecule has 0 bridgehead atoms. The van der Waals surface area contributed by atoms with E-state index in [1.807, 2.05) is 0 Å². The van der Waals surface area contributed by atoms with Gasteiger partial charge in [0.2, 0.25) is 0 Å². The molecule has 0 atom stereocenters. The van der Waals surface area contributed by atoms with E-state index in [1.165, 1.54) is 0 Å². The van der Waals surface area contributed by atoms with Gasteiger partial charge in [-0.15, -0.1) is 0 Å². The molecule has 0 aromatic rings. The lowest BCUT2D eigenvalue weighted by molar-refractivity contribution is 0.0113. The van der Waals surface area contributed by atoms with E-state index < -0.39 is 16.6 Å². The van der Waals surface area contributed by atoms with Crippen molar-refractivity contribution in [3.8, 4) is 0 Å². The van der Waals surface area contributed by atoms with Crippen LogP contribution in [0, 0.1) is 5.41 Å². The molecule has 0 amide bonds. The Morgan fingerprint density at radius 1 is 0.739 bits per heavy atom. The molecule has 0 spiro atoms. The van der Waals surface area contributed by atoms with E-state index in [0.717, 1.165) is 6.42 Å². The summed E-state index contributed by atoms with van der Waals surface area (Å²) in [5, 5.41) is 10.4. The molecule has 0 aromatic heterocycles. The van der Waals surface area contributed by atoms with Crippen molar-refractivity contribution >= 4 is 16.6 Å². The second-order valence-electron chi connectivity index (χ2n) is 10.1. The maximum Gasteiger partial charge on any atom is 0.192 e. The van der Waals surface area contributed by atoms with Crippen LogP contribution in [0.5, 0.6) is 0 Å². The van der Waals surface area contributed by atoms with Gasteiger partial charge in [-0.3, -0.25) is 0 Å². The summed E-state index contributed by atoms with van der Waals surface area (Å²) in [6.07, 6.45) is 0.868. The standard InChI is InChI=1S/C18H42O3Si2/c1-12-18(13-19,14-20-22(8,9)16(2,3)4)15-21-23(10,11)17(5,6)7/h19H,12-15H2,1-11H3. The Labute approximate surface area is 147 Å². The summed E-state index contributed by atoms with van der Waals surface area (Å²) in [7, 11) is -3.63. The fraction of sp³-hybridized carbons (Fsp3) is 1.00. The highest BCUT2D eigenvalue weighted by Gasteiger charge is 2.42. The Kier molecular flexibility index (Phi) is 7.79. The number of aliphatic hydroxyl groups excluding tert-OH is 1. The van der Waals surface area contributed by atoms with Crippen LogP contribution in [0.2, 0.25) is 36.3 Å². The first-order valence-corrected chi connectivity index (χ1v) is 14.7. The Hall–Kier alpha value is 0.314. The van der Waals surface area contributed by atoms with Crippen molar-refractivity contribution in [3.63, 3.8) is 0 Å². The van der Waals surface area contributed by atoms with Crippen molar-refractivity contribution in [2.24, 2.45) is 5.41 Å². The van der Waals surface area contributed by atoms with Crippen molar-refractivity contribution < 1.29 is 14.0 Å². The largest absolute Gasteiger partial charge is 0.416 e. The van der Waals surface area contributed by atoms with Crippen LogP contribution >= 0.6 is 0 Å². The van der Waals surface area contributed by atoms with E-state index in [2.05, 4.69) is 74.7 Å². The van der Waals surface area contributed by atoms with Crippen molar-refractivity contribution in [3.05, 3.63) is 0 Å². The third-order valence-corrected chi connectivity index (χ3v) is 15.1. The fourth-order valence-electron chi connectivity index (χ4n) is 1.55. The molecule has 23 heavy (non-hydrogen) atoms. The maximum absolute atomic E-state index is 10.0. The van der Waals surface area contributed by atoms with Gasteiger partial charge in [0.05, 0.1) is 6.61 Å². The molecule has 1 N–H and O–H groups in total. The Morgan fingerprint density at radius 3 is 1.22 bits per heavy atom. The molecule has 0 saturated heterocycles. The van der Waals surface area contributed by atoms with Crippen LogP contribution in [-0.4, -0.2) is 41.6 Å². The van der Waals surface area contributed by atoms with Gasteiger partial charge in [-0.05, 0) is 42.7 Å². The Balaban J connectivity index is 5.03. The highest BCUT2D eigenvalue weighted by atomic mass is 28.4. The summed E-state index contributed by atoms with van der Waals surface area (Å²) in [5.41, 5.74) is -0.287. The first kappa shape index (κ1) is 23.3. The third kappa shape index (κ3) is 6.27. The van der Waals surface area contributed by atoms with Crippen molar-refractivity contribution in [1.29, 1.82) is 0 Å². The van der Waals surface area contributed by atoms with Gasteiger partial charge in [-0.2, -0.15) is 0 Å². The molecule has 0 aliphatic carbocycles. The van der Waals surface area contributed by atoms with E-state index in [-0.39, 0.29) is 22.1 Å². The first-order chi connectivity index (χ1) is 10.0. The summed E-state index contributed by atoms with van der Waals surface area (Å²) in [4.78, 5) is 0. The van der Waals surface area contributed by atoms with E-state index in [1.54, 1.807) is 0 Å². The lowest BCUT2D eigenvalue weighted by Gasteiger charge is -2.43. The monoisotopic (exact) mass is 362 g/mol. The van der Waals surface area contributed by atoms with Crippen LogP contribution < -0.4 is 0 Å². The topological polar surface area (TPSA) is 38.7 Å². The minimum Gasteiger partial charge on any atom is -0.416 e. The number of hydrogen-bond acceptors (Lipinski definition) is 3. The molecular weight excluding hydrogens is 320 g/mol. The molecule has 0 fully saturated rings. The molecule has 0 aliphatic rings. The smallest absolute Gasteiger partial charge is 0.192 e. The molecular formula is C18H42O3Si2. The highest BCUT2D eigenvalue weighted by Crippen LogP contribution is 2.40. The molecule has 0 unspecified atom stereocenters. The highest BCUT2D eigenvalue weighted by molar-refractivity contribution is 6.74. The lowest BCUT2D eigenvalue weighted by Crippen LogP contribution is -2.49. The first-order valence-electron chi connectivity index (χ1n) is 8.92.